The Balaban J connectivity index is 1.41. The molecule has 2 aromatic heterocycles. The van der Waals surface area contributed by atoms with Crippen LogP contribution in [0.25, 0.3) is 0 Å². The minimum Gasteiger partial charge on any atom is -0.477 e. The molecule has 2 aliphatic rings. The number of aromatic nitrogens is 3. The smallest absolute Gasteiger partial charge is 0.213 e. The fourth-order valence-electron chi connectivity index (χ4n) is 3.36. The molecule has 3 heterocycles. The summed E-state index contributed by atoms with van der Waals surface area (Å²) in [6.07, 6.45) is 8.24. The molecule has 2 aromatic rings. The lowest BCUT2D eigenvalue weighted by Crippen LogP contribution is -2.48. The highest BCUT2D eigenvalue weighted by molar-refractivity contribution is 5.80. The van der Waals surface area contributed by atoms with E-state index in [4.69, 9.17) is 14.5 Å². The van der Waals surface area contributed by atoms with E-state index in [1.807, 2.05) is 36.3 Å². The molecular weight excluding hydrogens is 368 g/mol. The molecule has 1 unspecified atom stereocenters. The number of aryl methyl sites for hydroxylation is 1. The molecule has 4 rings (SSSR count). The van der Waals surface area contributed by atoms with Crippen LogP contribution in [0.4, 0.5) is 0 Å². The highest BCUT2D eigenvalue weighted by atomic mass is 16.5. The van der Waals surface area contributed by atoms with Crippen molar-refractivity contribution in [2.75, 3.05) is 32.8 Å². The van der Waals surface area contributed by atoms with Crippen LogP contribution in [-0.4, -0.2) is 58.5 Å². The second-order valence-electron chi connectivity index (χ2n) is 7.68. The zero-order valence-corrected chi connectivity index (χ0v) is 17.3. The molecule has 8 nitrogen and oxygen atoms in total. The summed E-state index contributed by atoms with van der Waals surface area (Å²) in [6, 6.07) is 3.99. The van der Waals surface area contributed by atoms with Crippen LogP contribution in [-0.2, 0) is 18.3 Å². The van der Waals surface area contributed by atoms with E-state index in [0.717, 1.165) is 43.3 Å². The van der Waals surface area contributed by atoms with Gasteiger partial charge in [-0.2, -0.15) is 5.10 Å². The SMILES string of the molecule is CCNC(=NCc1ccnc(OCC2CC2)c1)N1CCOC(c2cnn(C)c2)C1. The topological polar surface area (TPSA) is 76.8 Å². The van der Waals surface area contributed by atoms with E-state index in [9.17, 15) is 0 Å². The molecule has 0 amide bonds. The average Bonchev–Trinajstić information content (AvgIpc) is 3.48. The van der Waals surface area contributed by atoms with Gasteiger partial charge in [0.2, 0.25) is 5.88 Å². The van der Waals surface area contributed by atoms with Crippen LogP contribution in [0, 0.1) is 5.92 Å². The number of hydrogen-bond donors (Lipinski definition) is 1. The third kappa shape index (κ3) is 5.47. The van der Waals surface area contributed by atoms with Crippen molar-refractivity contribution in [3.05, 3.63) is 41.9 Å². The molecule has 1 N–H and O–H groups in total. The summed E-state index contributed by atoms with van der Waals surface area (Å²) in [7, 11) is 1.92. The minimum atomic E-state index is 0.00431. The van der Waals surface area contributed by atoms with Gasteiger partial charge in [-0.15, -0.1) is 0 Å². The van der Waals surface area contributed by atoms with Gasteiger partial charge >= 0.3 is 0 Å². The van der Waals surface area contributed by atoms with E-state index < -0.39 is 0 Å². The lowest BCUT2D eigenvalue weighted by atomic mass is 10.1. The molecule has 1 saturated heterocycles. The van der Waals surface area contributed by atoms with Crippen LogP contribution in [0.3, 0.4) is 0 Å². The number of aliphatic imine (C=N–C) groups is 1. The monoisotopic (exact) mass is 398 g/mol. The summed E-state index contributed by atoms with van der Waals surface area (Å²) in [5.41, 5.74) is 2.19. The van der Waals surface area contributed by atoms with E-state index in [0.29, 0.717) is 24.9 Å². The fraction of sp³-hybridized carbons (Fsp3) is 0.571. The van der Waals surface area contributed by atoms with Gasteiger partial charge in [0.25, 0.3) is 0 Å². The first kappa shape index (κ1) is 19.7. The lowest BCUT2D eigenvalue weighted by molar-refractivity contribution is -0.00805. The molecule has 1 aliphatic carbocycles. The van der Waals surface area contributed by atoms with Crippen molar-refractivity contribution < 1.29 is 9.47 Å². The maximum atomic E-state index is 5.96. The quantitative estimate of drug-likeness (QED) is 0.569. The maximum absolute atomic E-state index is 5.96. The van der Waals surface area contributed by atoms with Crippen molar-refractivity contribution in [3.8, 4) is 5.88 Å². The van der Waals surface area contributed by atoms with Crippen LogP contribution < -0.4 is 10.1 Å². The van der Waals surface area contributed by atoms with Crippen LogP contribution in [0.1, 0.15) is 37.0 Å². The fourth-order valence-corrected chi connectivity index (χ4v) is 3.36. The van der Waals surface area contributed by atoms with Crippen LogP contribution >= 0.6 is 0 Å². The van der Waals surface area contributed by atoms with E-state index in [1.54, 1.807) is 6.20 Å². The van der Waals surface area contributed by atoms with Crippen molar-refractivity contribution in [3.63, 3.8) is 0 Å². The standard InChI is InChI=1S/C21H30N6O2/c1-3-22-21(27-8-9-28-19(14-27)18-12-25-26(2)13-18)24-11-17-6-7-23-20(10-17)29-15-16-4-5-16/h6-7,10,12-13,16,19H,3-5,8-9,11,14-15H2,1-2H3,(H,22,24). The van der Waals surface area contributed by atoms with Crippen LogP contribution in [0.2, 0.25) is 0 Å². The van der Waals surface area contributed by atoms with Crippen molar-refractivity contribution in [2.45, 2.75) is 32.4 Å². The van der Waals surface area contributed by atoms with Gasteiger partial charge in [0.1, 0.15) is 6.10 Å². The second-order valence-corrected chi connectivity index (χ2v) is 7.68. The summed E-state index contributed by atoms with van der Waals surface area (Å²) in [4.78, 5) is 11.4. The molecule has 156 valence electrons. The minimum absolute atomic E-state index is 0.00431. The molecule has 0 bridgehead atoms. The van der Waals surface area contributed by atoms with Crippen molar-refractivity contribution >= 4 is 5.96 Å². The van der Waals surface area contributed by atoms with Gasteiger partial charge in [0.05, 0.1) is 32.5 Å². The molecule has 1 atom stereocenters. The number of morpholine rings is 1. The van der Waals surface area contributed by atoms with Gasteiger partial charge in [0, 0.05) is 44.2 Å². The van der Waals surface area contributed by atoms with E-state index in [-0.39, 0.29) is 6.10 Å². The summed E-state index contributed by atoms with van der Waals surface area (Å²) in [5.74, 6) is 2.31. The van der Waals surface area contributed by atoms with Gasteiger partial charge < -0.3 is 19.7 Å². The number of nitrogens with one attached hydrogen (secondary N) is 1. The van der Waals surface area contributed by atoms with Crippen molar-refractivity contribution in [2.24, 2.45) is 18.0 Å². The molecule has 29 heavy (non-hydrogen) atoms. The third-order valence-corrected chi connectivity index (χ3v) is 5.17. The molecule has 8 heteroatoms. The number of nitrogens with zero attached hydrogens (tertiary/aromatic N) is 5. The zero-order chi connectivity index (χ0) is 20.1. The van der Waals surface area contributed by atoms with Gasteiger partial charge in [-0.25, -0.2) is 9.98 Å². The third-order valence-electron chi connectivity index (χ3n) is 5.17. The first-order valence-corrected chi connectivity index (χ1v) is 10.4. The zero-order valence-electron chi connectivity index (χ0n) is 17.3. The molecule has 2 fully saturated rings. The van der Waals surface area contributed by atoms with Crippen LogP contribution in [0.15, 0.2) is 35.7 Å². The Bertz CT molecular complexity index is 832. The first-order valence-electron chi connectivity index (χ1n) is 10.4. The van der Waals surface area contributed by atoms with Crippen LogP contribution in [0.5, 0.6) is 5.88 Å². The van der Waals surface area contributed by atoms with Crippen molar-refractivity contribution in [1.29, 1.82) is 0 Å². The number of rotatable bonds is 7. The number of hydrogen-bond acceptors (Lipinski definition) is 5. The average molecular weight is 399 g/mol. The molecule has 0 aromatic carbocycles. The Morgan fingerprint density at radius 3 is 3.07 bits per heavy atom. The van der Waals surface area contributed by atoms with E-state index >= 15 is 0 Å². The van der Waals surface area contributed by atoms with Crippen molar-refractivity contribution in [1.82, 2.24) is 25.0 Å². The molecular formula is C21H30N6O2. The second kappa shape index (κ2) is 9.26. The van der Waals surface area contributed by atoms with Gasteiger partial charge in [-0.1, -0.05) is 0 Å². The van der Waals surface area contributed by atoms with E-state index in [2.05, 4.69) is 27.2 Å². The predicted molar refractivity (Wildman–Crippen MR) is 111 cm³/mol. The summed E-state index contributed by atoms with van der Waals surface area (Å²) >= 11 is 0. The number of pyridine rings is 1. The molecule has 1 saturated carbocycles. The van der Waals surface area contributed by atoms with Gasteiger partial charge in [-0.3, -0.25) is 4.68 Å². The Labute approximate surface area is 171 Å². The number of ether oxygens (including phenoxy) is 2. The van der Waals surface area contributed by atoms with Gasteiger partial charge in [0.15, 0.2) is 5.96 Å². The predicted octanol–water partition coefficient (Wildman–Crippen LogP) is 2.14. The first-order chi connectivity index (χ1) is 14.2. The highest BCUT2D eigenvalue weighted by Crippen LogP contribution is 2.29. The Morgan fingerprint density at radius 2 is 2.31 bits per heavy atom. The Hall–Kier alpha value is -2.61. The van der Waals surface area contributed by atoms with Gasteiger partial charge in [-0.05, 0) is 37.3 Å². The summed E-state index contributed by atoms with van der Waals surface area (Å²) < 4.78 is 13.6. The highest BCUT2D eigenvalue weighted by Gasteiger charge is 2.25. The summed E-state index contributed by atoms with van der Waals surface area (Å²) in [6.45, 7) is 6.49. The van der Waals surface area contributed by atoms with E-state index in [1.165, 1.54) is 12.8 Å². The lowest BCUT2D eigenvalue weighted by Gasteiger charge is -2.34. The number of guanidine groups is 1. The maximum Gasteiger partial charge on any atom is 0.213 e. The molecule has 0 spiro atoms. The Kier molecular flexibility index (Phi) is 6.29. The molecule has 0 radical (unpaired) electrons. The summed E-state index contributed by atoms with van der Waals surface area (Å²) in [5, 5.41) is 7.68. The molecule has 1 aliphatic heterocycles. The normalized spacial score (nSPS) is 20.0. The Morgan fingerprint density at radius 1 is 1.41 bits per heavy atom. The largest absolute Gasteiger partial charge is 0.477 e.